The molecule has 4 aliphatic rings. The quantitative estimate of drug-likeness (QED) is 0.142. The summed E-state index contributed by atoms with van der Waals surface area (Å²) in [6, 6.07) is 87.5. The lowest BCUT2D eigenvalue weighted by Gasteiger charge is -2.08. The second-order valence-electron chi connectivity index (χ2n) is 26.2. The summed E-state index contributed by atoms with van der Waals surface area (Å²) < 4.78 is 0. The summed E-state index contributed by atoms with van der Waals surface area (Å²) in [5.41, 5.74) is 42.9. The molecule has 17 rings (SSSR count). The molecule has 0 fully saturated rings. The van der Waals surface area contributed by atoms with Crippen molar-refractivity contribution in [1.29, 1.82) is 0 Å². The van der Waals surface area contributed by atoms with Crippen molar-refractivity contribution < 1.29 is 0 Å². The highest BCUT2D eigenvalue weighted by Gasteiger charge is 2.23. The third-order valence-corrected chi connectivity index (χ3v) is 20.1. The second-order valence-corrected chi connectivity index (χ2v) is 26.2. The maximum atomic E-state index is 2.34. The first kappa shape index (κ1) is 66.3. The van der Waals surface area contributed by atoms with Gasteiger partial charge in [-0.2, -0.15) is 0 Å². The molecule has 13 aromatic rings. The SMILES string of the molecule is C.Cc1cc2c(cc1C)-c1ccccc1C2.Cc1cc2c(cc1C)-c1ccccc1C2.Cc1cc2ccccc2cc1C.Cc1ccc2c(c1C)-c1ccccc1C2.Cc1ccc2c(c1C)Cc1ccccc1-2.Cc1ccc2ccccc2c1C.Cc1ccccc1C. The van der Waals surface area contributed by atoms with Crippen LogP contribution in [-0.2, 0) is 25.7 Å². The van der Waals surface area contributed by atoms with Gasteiger partial charge in [-0.25, -0.2) is 0 Å². The molecule has 0 amide bonds. The van der Waals surface area contributed by atoms with Gasteiger partial charge in [-0.3, -0.25) is 0 Å². The normalized spacial score (nSPS) is 11.5. The number of fused-ring (bicyclic) bond motifs is 14. The van der Waals surface area contributed by atoms with E-state index in [-0.39, 0.29) is 7.43 Å². The molecule has 13 aromatic carbocycles. The van der Waals surface area contributed by atoms with Crippen molar-refractivity contribution in [1.82, 2.24) is 0 Å². The van der Waals surface area contributed by atoms with Crippen LogP contribution in [0.15, 0.2) is 243 Å². The Bertz CT molecular complexity index is 4660. The summed E-state index contributed by atoms with van der Waals surface area (Å²) in [5, 5.41) is 5.37. The van der Waals surface area contributed by atoms with E-state index in [1.54, 1.807) is 0 Å². The monoisotopic (exact) mass is 1210 g/mol. The van der Waals surface area contributed by atoms with Gasteiger partial charge in [0.25, 0.3) is 0 Å². The number of rotatable bonds is 0. The Morgan fingerprint density at radius 2 is 0.548 bits per heavy atom. The molecule has 93 heavy (non-hydrogen) atoms. The summed E-state index contributed by atoms with van der Waals surface area (Å²) >= 11 is 0. The highest BCUT2D eigenvalue weighted by atomic mass is 14.3. The zero-order chi connectivity index (χ0) is 64.7. The smallest absolute Gasteiger partial charge is 0.00107 e. The van der Waals surface area contributed by atoms with Gasteiger partial charge in [0, 0.05) is 0 Å². The van der Waals surface area contributed by atoms with Crippen LogP contribution in [0.25, 0.3) is 66.1 Å². The molecule has 0 saturated heterocycles. The zero-order valence-corrected chi connectivity index (χ0v) is 56.9. The van der Waals surface area contributed by atoms with Crippen LogP contribution in [0.4, 0.5) is 0 Å². The first-order chi connectivity index (χ1) is 44.4. The molecule has 0 spiro atoms. The number of hydrogen-bond donors (Lipinski definition) is 0. The van der Waals surface area contributed by atoms with E-state index >= 15 is 0 Å². The van der Waals surface area contributed by atoms with Gasteiger partial charge in [0.1, 0.15) is 0 Å². The first-order valence-electron chi connectivity index (χ1n) is 33.1. The maximum Gasteiger partial charge on any atom is -0.00107 e. The average molecular weight is 1210 g/mol. The van der Waals surface area contributed by atoms with Crippen LogP contribution in [0.3, 0.4) is 0 Å². The van der Waals surface area contributed by atoms with Gasteiger partial charge in [0.05, 0.1) is 0 Å². The molecule has 0 bridgehead atoms. The Kier molecular flexibility index (Phi) is 20.9. The third kappa shape index (κ3) is 14.7. The standard InChI is InChI=1S/4C15H14.2C12H12.C8H10.CH4/c2*1-10-7-13-9-12-5-3-4-6-14(12)15(13)8-11(10)2;1-10-7-8-13-9-12-5-3-4-6-14(12)15(13)11(10)2;1-10-7-8-14-13-6-4-3-5-12(13)9-15(14)11(10)2;1-9-7-11-5-3-4-6-12(11)8-10(9)2;1-9-7-8-11-5-3-4-6-12(11)10(9)2;1-7-5-3-4-6-8(7)2;/h4*3-8H,9H2,1-2H3;2*3-8H,1-2H3;3-6H,1-2H3;1H4. The summed E-state index contributed by atoms with van der Waals surface area (Å²) in [6.07, 6.45) is 4.42. The molecule has 0 radical (unpaired) electrons. The second kappa shape index (κ2) is 29.3. The lowest BCUT2D eigenvalue weighted by molar-refractivity contribution is 1.19. The van der Waals surface area contributed by atoms with E-state index in [9.17, 15) is 0 Å². The van der Waals surface area contributed by atoms with Crippen molar-refractivity contribution in [2.24, 2.45) is 0 Å². The van der Waals surface area contributed by atoms with Crippen LogP contribution in [0.1, 0.15) is 130 Å². The van der Waals surface area contributed by atoms with Crippen LogP contribution < -0.4 is 0 Å². The fourth-order valence-corrected chi connectivity index (χ4v) is 13.5. The minimum absolute atomic E-state index is 0. The van der Waals surface area contributed by atoms with Gasteiger partial charge in [-0.15, -0.1) is 0 Å². The zero-order valence-electron chi connectivity index (χ0n) is 56.9. The summed E-state index contributed by atoms with van der Waals surface area (Å²) in [7, 11) is 0. The lowest BCUT2D eigenvalue weighted by Crippen LogP contribution is -1.89. The number of aryl methyl sites for hydroxylation is 12. The summed E-state index contributed by atoms with van der Waals surface area (Å²) in [5.74, 6) is 0. The van der Waals surface area contributed by atoms with Crippen molar-refractivity contribution in [2.45, 2.75) is 130 Å². The molecule has 0 heteroatoms. The molecule has 0 saturated carbocycles. The van der Waals surface area contributed by atoms with Crippen molar-refractivity contribution in [3.8, 4) is 44.5 Å². The number of hydrogen-bond acceptors (Lipinski definition) is 0. The summed E-state index contributed by atoms with van der Waals surface area (Å²) in [4.78, 5) is 0. The lowest BCUT2D eigenvalue weighted by atomic mass is 9.97. The molecule has 0 atom stereocenters. The predicted octanol–water partition coefficient (Wildman–Crippen LogP) is 25.4. The third-order valence-electron chi connectivity index (χ3n) is 20.1. The largest absolute Gasteiger partial charge is 0.0776 e. The van der Waals surface area contributed by atoms with Crippen LogP contribution in [0.2, 0.25) is 0 Å². The number of benzene rings is 13. The van der Waals surface area contributed by atoms with Gasteiger partial charge >= 0.3 is 0 Å². The van der Waals surface area contributed by atoms with E-state index in [4.69, 9.17) is 0 Å². The van der Waals surface area contributed by atoms with Crippen molar-refractivity contribution >= 4 is 21.5 Å². The minimum Gasteiger partial charge on any atom is -0.0776 e. The highest BCUT2D eigenvalue weighted by molar-refractivity contribution is 5.87. The van der Waals surface area contributed by atoms with Crippen LogP contribution in [-0.4, -0.2) is 0 Å². The Balaban J connectivity index is 0.000000119. The fraction of sp³-hybridized carbons (Fsp3) is 0.204. The molecule has 0 aliphatic heterocycles. The van der Waals surface area contributed by atoms with Gasteiger partial charge in [-0.1, -0.05) is 250 Å². The van der Waals surface area contributed by atoms with E-state index in [1.165, 1.54) is 188 Å². The maximum absolute atomic E-state index is 2.34. The molecule has 4 aliphatic carbocycles. The van der Waals surface area contributed by atoms with E-state index in [1.807, 2.05) is 0 Å². The molecule has 0 aromatic heterocycles. The average Bonchev–Trinajstić information content (AvgIpc) is 1.94. The van der Waals surface area contributed by atoms with Crippen LogP contribution in [0.5, 0.6) is 0 Å². The molecule has 0 N–H and O–H groups in total. The molecule has 466 valence electrons. The van der Waals surface area contributed by atoms with Crippen LogP contribution in [0, 0.1) is 96.9 Å². The van der Waals surface area contributed by atoms with Crippen molar-refractivity contribution in [3.05, 3.63) is 365 Å². The van der Waals surface area contributed by atoms with E-state index in [2.05, 4.69) is 340 Å². The Labute approximate surface area is 557 Å². The van der Waals surface area contributed by atoms with Gasteiger partial charge in [-0.05, 0) is 311 Å². The van der Waals surface area contributed by atoms with Gasteiger partial charge in [0.15, 0.2) is 0 Å². The van der Waals surface area contributed by atoms with Gasteiger partial charge in [0.2, 0.25) is 0 Å². The van der Waals surface area contributed by atoms with E-state index in [0.717, 1.165) is 25.7 Å². The van der Waals surface area contributed by atoms with Gasteiger partial charge < -0.3 is 0 Å². The minimum atomic E-state index is 0. The van der Waals surface area contributed by atoms with E-state index < -0.39 is 0 Å². The Hall–Kier alpha value is -9.62. The molecular formula is C93H94. The first-order valence-corrected chi connectivity index (χ1v) is 33.1. The summed E-state index contributed by atoms with van der Waals surface area (Å²) in [6.45, 7) is 30.5. The Morgan fingerprint density at radius 1 is 0.194 bits per heavy atom. The molecule has 0 heterocycles. The predicted molar refractivity (Wildman–Crippen MR) is 406 cm³/mol. The van der Waals surface area contributed by atoms with Crippen molar-refractivity contribution in [3.63, 3.8) is 0 Å². The van der Waals surface area contributed by atoms with Crippen molar-refractivity contribution in [2.75, 3.05) is 0 Å². The fourth-order valence-electron chi connectivity index (χ4n) is 13.5. The van der Waals surface area contributed by atoms with E-state index in [0.29, 0.717) is 0 Å². The molecular weight excluding hydrogens is 1120 g/mol. The Morgan fingerprint density at radius 3 is 1.06 bits per heavy atom. The van der Waals surface area contributed by atoms with Crippen LogP contribution >= 0.6 is 0 Å². The molecule has 0 unspecified atom stereocenters. The topological polar surface area (TPSA) is 0 Å². The highest BCUT2D eigenvalue weighted by Crippen LogP contribution is 2.42. The molecule has 0 nitrogen and oxygen atoms in total.